The third kappa shape index (κ3) is 3.95. The minimum atomic E-state index is -3.57. The maximum absolute atomic E-state index is 13.0. The minimum absolute atomic E-state index is 0.194. The number of hydrogen-bond donors (Lipinski definition) is 1. The van der Waals surface area contributed by atoms with Crippen molar-refractivity contribution in [1.29, 1.82) is 0 Å². The van der Waals surface area contributed by atoms with Crippen LogP contribution in [0.3, 0.4) is 0 Å². The molecule has 0 aromatic heterocycles. The van der Waals surface area contributed by atoms with Crippen LogP contribution in [0.4, 0.5) is 0 Å². The van der Waals surface area contributed by atoms with E-state index in [-0.39, 0.29) is 12.1 Å². The smallest absolute Gasteiger partial charge is 0.195 e. The van der Waals surface area contributed by atoms with Crippen LogP contribution in [-0.4, -0.2) is 18.8 Å². The lowest BCUT2D eigenvalue weighted by molar-refractivity contribution is 0.308. The van der Waals surface area contributed by atoms with Crippen molar-refractivity contribution in [1.82, 2.24) is 9.03 Å². The predicted octanol–water partition coefficient (Wildman–Crippen LogP) is 3.69. The van der Waals surface area contributed by atoms with Gasteiger partial charge in [-0.05, 0) is 23.1 Å². The number of hydrogen-bond acceptors (Lipinski definition) is 2. The van der Waals surface area contributed by atoms with E-state index in [4.69, 9.17) is 0 Å². The van der Waals surface area contributed by atoms with E-state index in [1.807, 2.05) is 91.0 Å². The summed E-state index contributed by atoms with van der Waals surface area (Å²) in [5.74, 6) is 0. The lowest BCUT2D eigenvalue weighted by Gasteiger charge is -2.25. The first-order valence-corrected chi connectivity index (χ1v) is 10.5. The van der Waals surface area contributed by atoms with Crippen molar-refractivity contribution in [2.75, 3.05) is 0 Å². The summed E-state index contributed by atoms with van der Waals surface area (Å²) in [5.41, 5.74) is 3.09. The second-order valence-electron chi connectivity index (χ2n) is 6.80. The summed E-state index contributed by atoms with van der Waals surface area (Å²) < 4.78 is 30.4. The molecule has 3 aromatic rings. The number of nitrogens with zero attached hydrogens (tertiary/aromatic N) is 1. The fourth-order valence-corrected chi connectivity index (χ4v) is 5.26. The first-order chi connectivity index (χ1) is 13.1. The van der Waals surface area contributed by atoms with Gasteiger partial charge in [0.05, 0.1) is 12.1 Å². The van der Waals surface area contributed by atoms with Gasteiger partial charge in [0.25, 0.3) is 10.2 Å². The number of nitrogens with one attached hydrogen (secondary N) is 1. The Morgan fingerprint density at radius 2 is 1.26 bits per heavy atom. The van der Waals surface area contributed by atoms with Gasteiger partial charge in [-0.25, -0.2) is 0 Å². The second-order valence-corrected chi connectivity index (χ2v) is 8.45. The van der Waals surface area contributed by atoms with Crippen LogP contribution in [0.2, 0.25) is 0 Å². The molecule has 0 unspecified atom stereocenters. The molecule has 1 heterocycles. The first-order valence-electron chi connectivity index (χ1n) is 9.05. The Labute approximate surface area is 160 Å². The molecule has 4 nitrogen and oxygen atoms in total. The molecular formula is C22H22N2O2S. The molecule has 2 atom stereocenters. The molecule has 138 valence electrons. The van der Waals surface area contributed by atoms with E-state index in [9.17, 15) is 8.42 Å². The summed E-state index contributed by atoms with van der Waals surface area (Å²) in [6.45, 7) is 0.358. The average molecular weight is 378 g/mol. The maximum Gasteiger partial charge on any atom is 0.280 e. The summed E-state index contributed by atoms with van der Waals surface area (Å²) in [6.07, 6.45) is 0.652. The lowest BCUT2D eigenvalue weighted by Crippen LogP contribution is -2.36. The van der Waals surface area contributed by atoms with Gasteiger partial charge in [-0.15, -0.1) is 0 Å². The molecule has 0 radical (unpaired) electrons. The summed E-state index contributed by atoms with van der Waals surface area (Å²) in [7, 11) is -3.57. The minimum Gasteiger partial charge on any atom is -0.195 e. The molecular weight excluding hydrogens is 356 g/mol. The molecule has 3 aromatic carbocycles. The van der Waals surface area contributed by atoms with Crippen LogP contribution < -0.4 is 4.72 Å². The van der Waals surface area contributed by atoms with Crippen molar-refractivity contribution >= 4 is 10.2 Å². The van der Waals surface area contributed by atoms with Gasteiger partial charge in [-0.2, -0.15) is 17.4 Å². The topological polar surface area (TPSA) is 49.4 Å². The summed E-state index contributed by atoms with van der Waals surface area (Å²) >= 11 is 0. The molecule has 27 heavy (non-hydrogen) atoms. The quantitative estimate of drug-likeness (QED) is 0.736. The highest BCUT2D eigenvalue weighted by Crippen LogP contribution is 2.33. The Balaban J connectivity index is 1.72. The Hall–Kier alpha value is -2.47. The van der Waals surface area contributed by atoms with Crippen LogP contribution in [0.1, 0.15) is 22.7 Å². The van der Waals surface area contributed by atoms with Crippen LogP contribution in [0.25, 0.3) is 0 Å². The van der Waals surface area contributed by atoms with E-state index in [0.29, 0.717) is 13.0 Å². The fourth-order valence-electron chi connectivity index (χ4n) is 3.64. The molecule has 1 N–H and O–H groups in total. The predicted molar refractivity (Wildman–Crippen MR) is 107 cm³/mol. The van der Waals surface area contributed by atoms with Gasteiger partial charge in [0, 0.05) is 6.54 Å². The largest absolute Gasteiger partial charge is 0.280 e. The van der Waals surface area contributed by atoms with E-state index >= 15 is 0 Å². The zero-order valence-corrected chi connectivity index (χ0v) is 15.7. The average Bonchev–Trinajstić information content (AvgIpc) is 2.95. The molecule has 0 amide bonds. The monoisotopic (exact) mass is 378 g/mol. The van der Waals surface area contributed by atoms with Gasteiger partial charge in [0.2, 0.25) is 0 Å². The van der Waals surface area contributed by atoms with E-state index in [0.717, 1.165) is 16.7 Å². The van der Waals surface area contributed by atoms with E-state index in [2.05, 4.69) is 4.72 Å². The number of benzene rings is 3. The Morgan fingerprint density at radius 3 is 1.85 bits per heavy atom. The van der Waals surface area contributed by atoms with E-state index in [1.165, 1.54) is 0 Å². The van der Waals surface area contributed by atoms with Gasteiger partial charge in [0.15, 0.2) is 0 Å². The molecule has 5 heteroatoms. The standard InChI is InChI=1S/C22H22N2O2S/c25-27(26)23-22(20-14-8-3-9-15-20)21(16-18-10-4-1-5-11-18)24(27)17-19-12-6-2-7-13-19/h1-15,21-23H,16-17H2/t21-,22-/m0/s1. The molecule has 1 saturated heterocycles. The van der Waals surface area contributed by atoms with Gasteiger partial charge in [0.1, 0.15) is 0 Å². The van der Waals surface area contributed by atoms with Crippen molar-refractivity contribution in [2.24, 2.45) is 0 Å². The summed E-state index contributed by atoms with van der Waals surface area (Å²) in [5, 5.41) is 0. The summed E-state index contributed by atoms with van der Waals surface area (Å²) in [4.78, 5) is 0. The van der Waals surface area contributed by atoms with Crippen molar-refractivity contribution in [2.45, 2.75) is 25.0 Å². The van der Waals surface area contributed by atoms with Crippen molar-refractivity contribution in [3.63, 3.8) is 0 Å². The Kier molecular flexibility index (Phi) is 5.07. The first kappa shape index (κ1) is 17.9. The highest BCUT2D eigenvalue weighted by molar-refractivity contribution is 7.87. The van der Waals surface area contributed by atoms with E-state index in [1.54, 1.807) is 4.31 Å². The zero-order valence-electron chi connectivity index (χ0n) is 14.9. The van der Waals surface area contributed by atoms with Gasteiger partial charge in [-0.1, -0.05) is 91.0 Å². The second kappa shape index (κ2) is 7.64. The fraction of sp³-hybridized carbons (Fsp3) is 0.182. The Bertz CT molecular complexity index is 977. The zero-order chi connectivity index (χ0) is 18.7. The van der Waals surface area contributed by atoms with Gasteiger partial charge >= 0.3 is 0 Å². The van der Waals surface area contributed by atoms with Crippen LogP contribution >= 0.6 is 0 Å². The number of rotatable bonds is 5. The summed E-state index contributed by atoms with van der Waals surface area (Å²) in [6, 6.07) is 29.1. The van der Waals surface area contributed by atoms with Crippen molar-refractivity contribution in [3.8, 4) is 0 Å². The molecule has 0 saturated carbocycles. The maximum atomic E-state index is 13.0. The van der Waals surface area contributed by atoms with Crippen LogP contribution in [-0.2, 0) is 23.2 Å². The van der Waals surface area contributed by atoms with Crippen LogP contribution in [0, 0.1) is 0 Å². The third-order valence-corrected chi connectivity index (χ3v) is 6.54. The van der Waals surface area contributed by atoms with Crippen molar-refractivity contribution in [3.05, 3.63) is 108 Å². The molecule has 0 spiro atoms. The molecule has 0 aliphatic carbocycles. The normalized spacial score (nSPS) is 21.9. The SMILES string of the molecule is O=S1(=O)N[C@@H](c2ccccc2)[C@H](Cc2ccccc2)N1Cc1ccccc1. The molecule has 0 bridgehead atoms. The lowest BCUT2D eigenvalue weighted by atomic mass is 9.94. The third-order valence-electron chi connectivity index (χ3n) is 4.97. The molecule has 4 rings (SSSR count). The van der Waals surface area contributed by atoms with Crippen LogP contribution in [0.5, 0.6) is 0 Å². The molecule has 1 aliphatic heterocycles. The van der Waals surface area contributed by atoms with Gasteiger partial charge < -0.3 is 0 Å². The molecule has 1 fully saturated rings. The molecule has 1 aliphatic rings. The van der Waals surface area contributed by atoms with Crippen LogP contribution in [0.15, 0.2) is 91.0 Å². The Morgan fingerprint density at radius 1 is 0.741 bits per heavy atom. The van der Waals surface area contributed by atoms with Gasteiger partial charge in [-0.3, -0.25) is 0 Å². The highest BCUT2D eigenvalue weighted by atomic mass is 32.2. The van der Waals surface area contributed by atoms with Crippen molar-refractivity contribution < 1.29 is 8.42 Å². The van der Waals surface area contributed by atoms with E-state index < -0.39 is 10.2 Å². The highest BCUT2D eigenvalue weighted by Gasteiger charge is 2.44.